The highest BCUT2D eigenvalue weighted by Crippen LogP contribution is 2.42. The van der Waals surface area contributed by atoms with E-state index in [1.807, 2.05) is 4.90 Å². The summed E-state index contributed by atoms with van der Waals surface area (Å²) in [5, 5.41) is 14.9. The average Bonchev–Trinajstić information content (AvgIpc) is 3.61. The lowest BCUT2D eigenvalue weighted by atomic mass is 10.00. The zero-order valence-electron chi connectivity index (χ0n) is 19.9. The number of nitro benzene ring substituents is 1. The molecule has 37 heavy (non-hydrogen) atoms. The van der Waals surface area contributed by atoms with Crippen LogP contribution in [0.1, 0.15) is 22.2 Å². The second-order valence-electron chi connectivity index (χ2n) is 8.45. The summed E-state index contributed by atoms with van der Waals surface area (Å²) in [7, 11) is 1.54. The number of methoxy groups -OCH3 is 1. The summed E-state index contributed by atoms with van der Waals surface area (Å²) in [4.78, 5) is 41.3. The van der Waals surface area contributed by atoms with E-state index < -0.39 is 16.9 Å². The van der Waals surface area contributed by atoms with Crippen molar-refractivity contribution in [1.29, 1.82) is 0 Å². The van der Waals surface area contributed by atoms with Crippen LogP contribution in [0.4, 0.5) is 11.4 Å². The zero-order chi connectivity index (χ0) is 25.9. The van der Waals surface area contributed by atoms with Crippen molar-refractivity contribution in [2.45, 2.75) is 6.04 Å². The Bertz CT molecular complexity index is 1300. The van der Waals surface area contributed by atoms with Crippen molar-refractivity contribution in [1.82, 2.24) is 9.80 Å². The Morgan fingerprint density at radius 1 is 1.05 bits per heavy atom. The maximum Gasteiger partial charge on any atom is 0.289 e. The molecule has 2 aromatic carbocycles. The van der Waals surface area contributed by atoms with Crippen LogP contribution in [-0.2, 0) is 4.79 Å². The molecule has 0 radical (unpaired) electrons. The van der Waals surface area contributed by atoms with Gasteiger partial charge in [-0.15, -0.1) is 0 Å². The van der Waals surface area contributed by atoms with E-state index in [1.54, 1.807) is 48.4 Å². The number of hydrogen-bond acceptors (Lipinski definition) is 9. The molecule has 3 heterocycles. The SMILES string of the molecule is COc1ccc(NC(=O)[C@H](c2cc3c(cc2[N+](=O)[O-])OCO3)N2CCN(C(=O)c3ccco3)CC2)cc1. The van der Waals surface area contributed by atoms with Gasteiger partial charge in [0.05, 0.1) is 29.9 Å². The molecular formula is C25H24N4O8. The number of nitro groups is 1. The van der Waals surface area contributed by atoms with Gasteiger partial charge in [0.25, 0.3) is 11.6 Å². The summed E-state index contributed by atoms with van der Waals surface area (Å²) in [6, 6.07) is 11.7. The number of carbonyl (C=O) groups is 2. The van der Waals surface area contributed by atoms with E-state index in [4.69, 9.17) is 18.6 Å². The normalized spacial score (nSPS) is 15.8. The first-order chi connectivity index (χ1) is 17.9. The molecule has 1 fully saturated rings. The van der Waals surface area contributed by atoms with Gasteiger partial charge in [0.1, 0.15) is 11.8 Å². The van der Waals surface area contributed by atoms with Crippen LogP contribution >= 0.6 is 0 Å². The Hall–Kier alpha value is -4.58. The highest BCUT2D eigenvalue weighted by molar-refractivity contribution is 5.96. The zero-order valence-corrected chi connectivity index (χ0v) is 19.9. The van der Waals surface area contributed by atoms with Crippen molar-refractivity contribution in [2.24, 2.45) is 0 Å². The summed E-state index contributed by atoms with van der Waals surface area (Å²) >= 11 is 0. The Kier molecular flexibility index (Phi) is 6.64. The Morgan fingerprint density at radius 3 is 2.38 bits per heavy atom. The molecule has 3 aromatic rings. The lowest BCUT2D eigenvalue weighted by Gasteiger charge is -2.38. The van der Waals surface area contributed by atoms with Gasteiger partial charge >= 0.3 is 0 Å². The molecule has 12 nitrogen and oxygen atoms in total. The van der Waals surface area contributed by atoms with Crippen LogP contribution in [-0.4, -0.2) is 66.6 Å². The van der Waals surface area contributed by atoms with Crippen molar-refractivity contribution in [3.63, 3.8) is 0 Å². The van der Waals surface area contributed by atoms with Gasteiger partial charge in [0.2, 0.25) is 12.7 Å². The molecular weight excluding hydrogens is 484 g/mol. The first kappa shape index (κ1) is 24.1. The lowest BCUT2D eigenvalue weighted by Crippen LogP contribution is -2.51. The van der Waals surface area contributed by atoms with Gasteiger partial charge in [-0.25, -0.2) is 0 Å². The van der Waals surface area contributed by atoms with E-state index in [9.17, 15) is 19.7 Å². The smallest absolute Gasteiger partial charge is 0.289 e. The standard InChI is InChI=1S/C25H24N4O8/c1-34-17-6-4-16(5-7-17)26-24(30)23(18-13-21-22(37-15-36-21)14-19(18)29(32)33)27-8-10-28(11-9-27)25(31)20-3-2-12-35-20/h2-7,12-14,23H,8-11,15H2,1H3,(H,26,30)/t23-/m0/s1. The summed E-state index contributed by atoms with van der Waals surface area (Å²) < 4.78 is 21.2. The summed E-state index contributed by atoms with van der Waals surface area (Å²) in [6.07, 6.45) is 1.43. The molecule has 5 rings (SSSR count). The molecule has 0 unspecified atom stereocenters. The predicted molar refractivity (Wildman–Crippen MR) is 130 cm³/mol. The number of anilines is 1. The molecule has 0 spiro atoms. The van der Waals surface area contributed by atoms with Crippen LogP contribution < -0.4 is 19.5 Å². The minimum absolute atomic E-state index is 0.0633. The fraction of sp³-hybridized carbons (Fsp3) is 0.280. The highest BCUT2D eigenvalue weighted by atomic mass is 16.7. The number of nitrogens with zero attached hydrogens (tertiary/aromatic N) is 3. The molecule has 2 amide bonds. The van der Waals surface area contributed by atoms with Crippen LogP contribution in [0.5, 0.6) is 17.2 Å². The van der Waals surface area contributed by atoms with Crippen LogP contribution in [0.3, 0.4) is 0 Å². The Labute approximate surface area is 211 Å². The fourth-order valence-electron chi connectivity index (χ4n) is 4.45. The third kappa shape index (κ3) is 4.91. The monoisotopic (exact) mass is 508 g/mol. The number of benzene rings is 2. The van der Waals surface area contributed by atoms with E-state index in [1.165, 1.54) is 18.4 Å². The van der Waals surface area contributed by atoms with Crippen molar-refractivity contribution < 1.29 is 33.1 Å². The quantitative estimate of drug-likeness (QED) is 0.377. The molecule has 2 aliphatic heterocycles. The number of fused-ring (bicyclic) bond motifs is 1. The van der Waals surface area contributed by atoms with Gasteiger partial charge in [0, 0.05) is 31.9 Å². The third-order valence-electron chi connectivity index (χ3n) is 6.32. The summed E-state index contributed by atoms with van der Waals surface area (Å²) in [5.74, 6) is 0.718. The number of nitrogens with one attached hydrogen (secondary N) is 1. The maximum atomic E-state index is 13.7. The molecule has 2 aliphatic rings. The van der Waals surface area contributed by atoms with Gasteiger partial charge < -0.3 is 28.8 Å². The Morgan fingerprint density at radius 2 is 1.76 bits per heavy atom. The fourth-order valence-corrected chi connectivity index (χ4v) is 4.45. The van der Waals surface area contributed by atoms with Crippen molar-refractivity contribution in [3.8, 4) is 17.2 Å². The van der Waals surface area contributed by atoms with E-state index in [2.05, 4.69) is 5.32 Å². The van der Waals surface area contributed by atoms with Crippen LogP contribution in [0.25, 0.3) is 0 Å². The van der Waals surface area contributed by atoms with Crippen molar-refractivity contribution in [3.05, 3.63) is 76.2 Å². The molecule has 1 N–H and O–H groups in total. The van der Waals surface area contributed by atoms with Crippen LogP contribution in [0, 0.1) is 10.1 Å². The minimum Gasteiger partial charge on any atom is -0.497 e. The predicted octanol–water partition coefficient (Wildman–Crippen LogP) is 3.06. The van der Waals surface area contributed by atoms with Gasteiger partial charge in [-0.3, -0.25) is 24.6 Å². The van der Waals surface area contributed by atoms with Crippen LogP contribution in [0.15, 0.2) is 59.2 Å². The maximum absolute atomic E-state index is 13.7. The summed E-state index contributed by atoms with van der Waals surface area (Å²) in [6.45, 7) is 1.16. The summed E-state index contributed by atoms with van der Waals surface area (Å²) in [5.41, 5.74) is 0.421. The molecule has 0 aliphatic carbocycles. The third-order valence-corrected chi connectivity index (χ3v) is 6.32. The number of furan rings is 1. The molecule has 1 aromatic heterocycles. The lowest BCUT2D eigenvalue weighted by molar-refractivity contribution is -0.385. The van der Waals surface area contributed by atoms with Crippen molar-refractivity contribution in [2.75, 3.05) is 45.4 Å². The molecule has 0 bridgehead atoms. The number of ether oxygens (including phenoxy) is 3. The highest BCUT2D eigenvalue weighted by Gasteiger charge is 2.38. The number of rotatable bonds is 7. The van der Waals surface area contributed by atoms with Gasteiger partial charge in [0.15, 0.2) is 17.3 Å². The van der Waals surface area contributed by atoms with E-state index in [-0.39, 0.29) is 35.5 Å². The van der Waals surface area contributed by atoms with E-state index in [0.717, 1.165) is 0 Å². The molecule has 1 atom stereocenters. The second kappa shape index (κ2) is 10.2. The topological polar surface area (TPSA) is 137 Å². The Balaban J connectivity index is 1.44. The van der Waals surface area contributed by atoms with E-state index >= 15 is 0 Å². The number of piperazine rings is 1. The molecule has 192 valence electrons. The largest absolute Gasteiger partial charge is 0.497 e. The van der Waals surface area contributed by atoms with Crippen molar-refractivity contribution >= 4 is 23.2 Å². The number of hydrogen-bond donors (Lipinski definition) is 1. The van der Waals surface area contributed by atoms with E-state index in [0.29, 0.717) is 43.4 Å². The first-order valence-electron chi connectivity index (χ1n) is 11.5. The van der Waals surface area contributed by atoms with Gasteiger partial charge in [-0.2, -0.15) is 0 Å². The number of amides is 2. The average molecular weight is 508 g/mol. The molecule has 1 saturated heterocycles. The molecule has 0 saturated carbocycles. The number of carbonyl (C=O) groups excluding carboxylic acids is 2. The van der Waals surface area contributed by atoms with Gasteiger partial charge in [-0.05, 0) is 42.5 Å². The van der Waals surface area contributed by atoms with Gasteiger partial charge in [-0.1, -0.05) is 0 Å². The minimum atomic E-state index is -1.03. The second-order valence-corrected chi connectivity index (χ2v) is 8.45. The van der Waals surface area contributed by atoms with Crippen LogP contribution in [0.2, 0.25) is 0 Å². The first-order valence-corrected chi connectivity index (χ1v) is 11.5. The molecule has 12 heteroatoms.